The van der Waals surface area contributed by atoms with Crippen molar-refractivity contribution in [2.75, 3.05) is 13.9 Å². The number of ether oxygens (including phenoxy) is 4. The Balaban J connectivity index is 1.51. The molecular formula is C33H43ClN2O7. The summed E-state index contributed by atoms with van der Waals surface area (Å²) >= 11 is 6.14. The van der Waals surface area contributed by atoms with E-state index in [0.717, 1.165) is 32.1 Å². The molecule has 2 heterocycles. The minimum absolute atomic E-state index is 0.0215. The van der Waals surface area contributed by atoms with Crippen LogP contribution in [0.15, 0.2) is 36.5 Å². The van der Waals surface area contributed by atoms with Crippen molar-refractivity contribution >= 4 is 29.4 Å². The molecular weight excluding hydrogens is 572 g/mol. The summed E-state index contributed by atoms with van der Waals surface area (Å²) in [6.07, 6.45) is 8.75. The zero-order valence-corrected chi connectivity index (χ0v) is 26.2. The molecule has 0 unspecified atom stereocenters. The number of esters is 2. The van der Waals surface area contributed by atoms with Crippen LogP contribution in [0.4, 0.5) is 0 Å². The second-order valence-electron chi connectivity index (χ2n) is 11.9. The van der Waals surface area contributed by atoms with Crippen molar-refractivity contribution in [2.45, 2.75) is 84.3 Å². The molecule has 4 rings (SSSR count). The molecule has 1 aromatic heterocycles. The van der Waals surface area contributed by atoms with E-state index in [9.17, 15) is 14.4 Å². The van der Waals surface area contributed by atoms with E-state index in [1.54, 1.807) is 13.8 Å². The summed E-state index contributed by atoms with van der Waals surface area (Å²) in [7, 11) is 1.43. The Kier molecular flexibility index (Phi) is 11.7. The van der Waals surface area contributed by atoms with Crippen LogP contribution >= 0.6 is 11.6 Å². The average Bonchev–Trinajstić information content (AvgIpc) is 3.52. The number of hydrogen-bond donors (Lipinski definition) is 1. The first-order valence-corrected chi connectivity index (χ1v) is 15.6. The maximum Gasteiger partial charge on any atom is 0.328 e. The number of carbonyl (C=O) groups is 3. The fourth-order valence-corrected chi connectivity index (χ4v) is 6.58. The van der Waals surface area contributed by atoms with Gasteiger partial charge in [-0.3, -0.25) is 9.59 Å². The molecule has 1 N–H and O–H groups in total. The van der Waals surface area contributed by atoms with Gasteiger partial charge in [0.15, 0.2) is 17.2 Å². The van der Waals surface area contributed by atoms with Crippen LogP contribution in [-0.2, 0) is 25.5 Å². The first kappa shape index (κ1) is 32.6. The fourth-order valence-electron chi connectivity index (χ4n) is 6.46. The molecule has 2 fully saturated rings. The van der Waals surface area contributed by atoms with Crippen LogP contribution in [0.5, 0.6) is 11.5 Å². The normalized spacial score (nSPS) is 23.1. The number of halogens is 1. The molecule has 1 aromatic carbocycles. The molecule has 1 saturated carbocycles. The maximum atomic E-state index is 13.5. The van der Waals surface area contributed by atoms with Gasteiger partial charge in [-0.2, -0.15) is 0 Å². The number of benzene rings is 1. The summed E-state index contributed by atoms with van der Waals surface area (Å²) < 4.78 is 22.2. The van der Waals surface area contributed by atoms with Crippen LogP contribution in [0.3, 0.4) is 0 Å². The first-order chi connectivity index (χ1) is 20.7. The molecule has 10 heteroatoms. The largest absolute Gasteiger partial charge is 0.493 e. The van der Waals surface area contributed by atoms with Crippen LogP contribution in [0, 0.1) is 23.7 Å². The van der Waals surface area contributed by atoms with Crippen LogP contribution < -0.4 is 14.8 Å². The lowest BCUT2D eigenvalue weighted by Gasteiger charge is -2.35. The molecule has 234 valence electrons. The van der Waals surface area contributed by atoms with Gasteiger partial charge < -0.3 is 24.3 Å². The van der Waals surface area contributed by atoms with E-state index in [1.807, 2.05) is 19.1 Å². The number of methoxy groups -OCH3 is 1. The molecule has 43 heavy (non-hydrogen) atoms. The Morgan fingerprint density at radius 2 is 1.79 bits per heavy atom. The molecule has 1 aliphatic heterocycles. The smallest absolute Gasteiger partial charge is 0.328 e. The van der Waals surface area contributed by atoms with Crippen molar-refractivity contribution in [2.24, 2.45) is 23.7 Å². The van der Waals surface area contributed by atoms with Crippen molar-refractivity contribution < 1.29 is 33.3 Å². The summed E-state index contributed by atoms with van der Waals surface area (Å²) in [5.41, 5.74) is 1.14. The number of pyridine rings is 1. The molecule has 0 radical (unpaired) electrons. The van der Waals surface area contributed by atoms with Crippen LogP contribution in [0.1, 0.15) is 81.8 Å². The Morgan fingerprint density at radius 3 is 2.47 bits per heavy atom. The quantitative estimate of drug-likeness (QED) is 0.250. The second-order valence-corrected chi connectivity index (χ2v) is 12.3. The number of nitrogens with one attached hydrogen (secondary N) is 1. The minimum Gasteiger partial charge on any atom is -0.493 e. The molecule has 1 aliphatic carbocycles. The van der Waals surface area contributed by atoms with E-state index in [-0.39, 0.29) is 35.1 Å². The van der Waals surface area contributed by atoms with Crippen molar-refractivity contribution in [3.05, 3.63) is 52.8 Å². The number of nitrogens with zero attached hydrogens (tertiary/aromatic N) is 1. The summed E-state index contributed by atoms with van der Waals surface area (Å²) in [6, 6.07) is 8.68. The Bertz CT molecular complexity index is 1250. The maximum absolute atomic E-state index is 13.5. The standard InChI is InChI=1S/C33H43ClN2O7/c1-20(2)32(38)42-19-41-30-27(40-4)16-17-35-29(30)31(37)36-26-11-7-10-24(18-22-12-14-25(34)15-13-22)28(21(3)43-33(26)39)23-8-5-6-9-23/h12-17,20-21,23-24,26,28H,5-11,18-19H2,1-4H3,(H,36,37)/t21-,24+,26-,28+/m0/s1. The Morgan fingerprint density at radius 1 is 1.07 bits per heavy atom. The van der Waals surface area contributed by atoms with Crippen molar-refractivity contribution in [1.82, 2.24) is 10.3 Å². The highest BCUT2D eigenvalue weighted by molar-refractivity contribution is 6.30. The molecule has 4 atom stereocenters. The molecule has 0 spiro atoms. The number of rotatable bonds is 10. The topological polar surface area (TPSA) is 113 Å². The van der Waals surface area contributed by atoms with Gasteiger partial charge in [0, 0.05) is 23.2 Å². The van der Waals surface area contributed by atoms with Gasteiger partial charge in [-0.15, -0.1) is 0 Å². The first-order valence-electron chi connectivity index (χ1n) is 15.3. The lowest BCUT2D eigenvalue weighted by molar-refractivity contribution is -0.155. The van der Waals surface area contributed by atoms with Crippen molar-refractivity contribution in [3.8, 4) is 11.5 Å². The third kappa shape index (κ3) is 8.62. The van der Waals surface area contributed by atoms with Gasteiger partial charge >= 0.3 is 11.9 Å². The van der Waals surface area contributed by atoms with E-state index in [4.69, 9.17) is 30.5 Å². The highest BCUT2D eigenvalue weighted by atomic mass is 35.5. The van der Waals surface area contributed by atoms with Gasteiger partial charge in [0.05, 0.1) is 13.0 Å². The lowest BCUT2D eigenvalue weighted by atomic mass is 9.73. The van der Waals surface area contributed by atoms with Crippen LogP contribution in [0.25, 0.3) is 0 Å². The molecule has 2 aliphatic rings. The molecule has 1 saturated heterocycles. The molecule has 2 aromatic rings. The average molecular weight is 615 g/mol. The van der Waals surface area contributed by atoms with Gasteiger partial charge in [0.1, 0.15) is 12.1 Å². The van der Waals surface area contributed by atoms with Crippen LogP contribution in [0.2, 0.25) is 5.02 Å². The van der Waals surface area contributed by atoms with Gasteiger partial charge in [-0.1, -0.05) is 69.7 Å². The SMILES string of the molecule is COc1ccnc(C(=O)N[C@H]2CCC[C@H](Cc3ccc(Cl)cc3)[C@@H](C3CCCC3)[C@H](C)OC2=O)c1OCOC(=O)C(C)C. The van der Waals surface area contributed by atoms with E-state index >= 15 is 0 Å². The molecule has 9 nitrogen and oxygen atoms in total. The number of aromatic nitrogens is 1. The van der Waals surface area contributed by atoms with Gasteiger partial charge in [-0.25, -0.2) is 9.78 Å². The van der Waals surface area contributed by atoms with Crippen molar-refractivity contribution in [1.29, 1.82) is 0 Å². The predicted molar refractivity (Wildman–Crippen MR) is 162 cm³/mol. The zero-order chi connectivity index (χ0) is 30.9. The van der Waals surface area contributed by atoms with Gasteiger partial charge in [0.25, 0.3) is 5.91 Å². The van der Waals surface area contributed by atoms with Gasteiger partial charge in [-0.05, 0) is 55.7 Å². The van der Waals surface area contributed by atoms with E-state index in [1.165, 1.54) is 37.8 Å². The summed E-state index contributed by atoms with van der Waals surface area (Å²) in [4.78, 5) is 43.1. The van der Waals surface area contributed by atoms with Crippen molar-refractivity contribution in [3.63, 3.8) is 0 Å². The second kappa shape index (κ2) is 15.4. The fraction of sp³-hybridized carbons (Fsp3) is 0.576. The number of cyclic esters (lactones) is 1. The monoisotopic (exact) mass is 614 g/mol. The Hall–Kier alpha value is -3.33. The summed E-state index contributed by atoms with van der Waals surface area (Å²) in [6.45, 7) is 4.99. The lowest BCUT2D eigenvalue weighted by Crippen LogP contribution is -2.44. The van der Waals surface area contributed by atoms with E-state index in [2.05, 4.69) is 22.4 Å². The summed E-state index contributed by atoms with van der Waals surface area (Å²) in [5.74, 6) is -0.518. The molecule has 1 amide bonds. The Labute approximate surface area is 259 Å². The predicted octanol–water partition coefficient (Wildman–Crippen LogP) is 6.16. The highest BCUT2D eigenvalue weighted by Crippen LogP contribution is 2.42. The minimum atomic E-state index is -0.854. The zero-order valence-electron chi connectivity index (χ0n) is 25.5. The molecule has 0 bridgehead atoms. The highest BCUT2D eigenvalue weighted by Gasteiger charge is 2.39. The number of hydrogen-bond acceptors (Lipinski definition) is 8. The van der Waals surface area contributed by atoms with Crippen LogP contribution in [-0.4, -0.2) is 48.9 Å². The van der Waals surface area contributed by atoms with E-state index < -0.39 is 30.7 Å². The van der Waals surface area contributed by atoms with E-state index in [0.29, 0.717) is 23.3 Å². The third-order valence-corrected chi connectivity index (χ3v) is 8.83. The summed E-state index contributed by atoms with van der Waals surface area (Å²) in [5, 5.41) is 3.54. The van der Waals surface area contributed by atoms with Gasteiger partial charge in [0.2, 0.25) is 6.79 Å². The third-order valence-electron chi connectivity index (χ3n) is 8.58. The number of carbonyl (C=O) groups excluding carboxylic acids is 3. The number of amides is 1.